The maximum Gasteiger partial charge on any atom is 0.257 e. The number of ether oxygens (including phenoxy) is 1. The highest BCUT2D eigenvalue weighted by atomic mass is 35.5. The van der Waals surface area contributed by atoms with Crippen molar-refractivity contribution in [3.8, 4) is 5.75 Å². The molecule has 2 heterocycles. The number of amides is 1. The SMILES string of the molecule is COc1ccc(C(=O)Nc2c(Cl)cncc2Cl)c2[nH]c(CCc3ccccc3)nc12. The zero-order valence-electron chi connectivity index (χ0n) is 16.1. The molecule has 8 heteroatoms. The first-order chi connectivity index (χ1) is 14.6. The Kier molecular flexibility index (Phi) is 5.88. The second-order valence-corrected chi connectivity index (χ2v) is 7.45. The Bertz CT molecular complexity index is 1190. The number of carbonyl (C=O) groups excluding carboxylic acids is 1. The number of fused-ring (bicyclic) bond motifs is 1. The van der Waals surface area contributed by atoms with Gasteiger partial charge in [0.05, 0.1) is 33.9 Å². The van der Waals surface area contributed by atoms with Crippen LogP contribution in [0.3, 0.4) is 0 Å². The average Bonchev–Trinajstić information content (AvgIpc) is 3.19. The Balaban J connectivity index is 1.66. The number of nitrogens with one attached hydrogen (secondary N) is 2. The van der Waals surface area contributed by atoms with E-state index in [2.05, 4.69) is 32.4 Å². The Morgan fingerprint density at radius 2 is 1.80 bits per heavy atom. The lowest BCUT2D eigenvalue weighted by atomic mass is 10.1. The van der Waals surface area contributed by atoms with Crippen molar-refractivity contribution in [1.29, 1.82) is 0 Å². The number of nitrogens with zero attached hydrogens (tertiary/aromatic N) is 2. The number of aromatic nitrogens is 3. The van der Waals surface area contributed by atoms with Crippen LogP contribution in [0.5, 0.6) is 5.75 Å². The van der Waals surface area contributed by atoms with Crippen LogP contribution >= 0.6 is 23.2 Å². The molecule has 2 aromatic carbocycles. The van der Waals surface area contributed by atoms with Gasteiger partial charge < -0.3 is 15.0 Å². The van der Waals surface area contributed by atoms with Crippen LogP contribution in [0.2, 0.25) is 10.0 Å². The lowest BCUT2D eigenvalue weighted by Crippen LogP contribution is -2.13. The topological polar surface area (TPSA) is 79.9 Å². The summed E-state index contributed by atoms with van der Waals surface area (Å²) in [6.45, 7) is 0. The monoisotopic (exact) mass is 440 g/mol. The Labute approximate surface area is 183 Å². The molecule has 1 amide bonds. The van der Waals surface area contributed by atoms with Crippen molar-refractivity contribution in [2.45, 2.75) is 12.8 Å². The molecular weight excluding hydrogens is 423 g/mol. The molecule has 0 aliphatic carbocycles. The molecule has 6 nitrogen and oxygen atoms in total. The van der Waals surface area contributed by atoms with Crippen LogP contribution in [-0.4, -0.2) is 28.0 Å². The van der Waals surface area contributed by atoms with Crippen LogP contribution in [-0.2, 0) is 12.8 Å². The summed E-state index contributed by atoms with van der Waals surface area (Å²) in [7, 11) is 1.57. The number of aromatic amines is 1. The zero-order valence-corrected chi connectivity index (χ0v) is 17.6. The molecule has 0 saturated heterocycles. The fraction of sp³-hybridized carbons (Fsp3) is 0.136. The van der Waals surface area contributed by atoms with E-state index in [1.54, 1.807) is 19.2 Å². The second-order valence-electron chi connectivity index (χ2n) is 6.64. The van der Waals surface area contributed by atoms with Crippen molar-refractivity contribution in [1.82, 2.24) is 15.0 Å². The molecular formula is C22H18Cl2N4O2. The van der Waals surface area contributed by atoms with Crippen LogP contribution < -0.4 is 10.1 Å². The summed E-state index contributed by atoms with van der Waals surface area (Å²) >= 11 is 12.3. The van der Waals surface area contributed by atoms with Crippen molar-refractivity contribution in [3.05, 3.63) is 81.9 Å². The van der Waals surface area contributed by atoms with Gasteiger partial charge in [0.1, 0.15) is 17.1 Å². The molecule has 0 unspecified atom stereocenters. The Morgan fingerprint density at radius 1 is 1.07 bits per heavy atom. The predicted octanol–water partition coefficient (Wildman–Crippen LogP) is 5.31. The number of methoxy groups -OCH3 is 1. The van der Waals surface area contributed by atoms with Crippen LogP contribution in [0.1, 0.15) is 21.7 Å². The van der Waals surface area contributed by atoms with Gasteiger partial charge in [-0.15, -0.1) is 0 Å². The molecule has 4 aromatic rings. The number of H-pyrrole nitrogens is 1. The van der Waals surface area contributed by atoms with E-state index in [-0.39, 0.29) is 16.0 Å². The van der Waals surface area contributed by atoms with E-state index in [0.717, 1.165) is 12.2 Å². The Hall–Kier alpha value is -3.09. The van der Waals surface area contributed by atoms with Crippen LogP contribution in [0, 0.1) is 0 Å². The number of aryl methyl sites for hydroxylation is 2. The quantitative estimate of drug-likeness (QED) is 0.425. The van der Waals surface area contributed by atoms with Gasteiger partial charge in [0.2, 0.25) is 0 Å². The molecule has 0 fully saturated rings. The summed E-state index contributed by atoms with van der Waals surface area (Å²) in [6.07, 6.45) is 4.37. The fourth-order valence-electron chi connectivity index (χ4n) is 3.21. The summed E-state index contributed by atoms with van der Waals surface area (Å²) < 4.78 is 5.43. The lowest BCUT2D eigenvalue weighted by Gasteiger charge is -2.10. The van der Waals surface area contributed by atoms with Crippen LogP contribution in [0.4, 0.5) is 5.69 Å². The number of pyridine rings is 1. The standard InChI is InChI=1S/C22H18Cl2N4O2/c1-30-17-9-8-14(22(29)28-20-15(23)11-25-12-16(20)24)19-21(17)27-18(26-19)10-7-13-5-3-2-4-6-13/h2-6,8-9,11-12H,7,10H2,1H3,(H,26,27)(H,25,28,29). The number of imidazole rings is 1. The van der Waals surface area contributed by atoms with Gasteiger partial charge in [-0.3, -0.25) is 9.78 Å². The van der Waals surface area contributed by atoms with Crippen molar-refractivity contribution in [3.63, 3.8) is 0 Å². The molecule has 0 atom stereocenters. The third-order valence-electron chi connectivity index (χ3n) is 4.71. The molecule has 2 aromatic heterocycles. The van der Waals surface area contributed by atoms with E-state index in [9.17, 15) is 4.79 Å². The Morgan fingerprint density at radius 3 is 2.50 bits per heavy atom. The van der Waals surface area contributed by atoms with E-state index in [4.69, 9.17) is 27.9 Å². The van der Waals surface area contributed by atoms with Crippen molar-refractivity contribution >= 4 is 45.8 Å². The highest BCUT2D eigenvalue weighted by Crippen LogP contribution is 2.31. The molecule has 152 valence electrons. The highest BCUT2D eigenvalue weighted by molar-refractivity contribution is 6.39. The largest absolute Gasteiger partial charge is 0.494 e. The number of hydrogen-bond donors (Lipinski definition) is 2. The van der Waals surface area contributed by atoms with Crippen molar-refractivity contribution in [2.75, 3.05) is 12.4 Å². The third-order valence-corrected chi connectivity index (χ3v) is 5.28. The van der Waals surface area contributed by atoms with Gasteiger partial charge in [0, 0.05) is 18.8 Å². The smallest absolute Gasteiger partial charge is 0.257 e. The van der Waals surface area contributed by atoms with Gasteiger partial charge in [0.25, 0.3) is 5.91 Å². The molecule has 4 rings (SSSR count). The number of anilines is 1. The fourth-order valence-corrected chi connectivity index (χ4v) is 3.67. The minimum absolute atomic E-state index is 0.258. The molecule has 2 N–H and O–H groups in total. The maximum absolute atomic E-state index is 13.0. The van der Waals surface area contributed by atoms with Gasteiger partial charge in [-0.05, 0) is 24.1 Å². The van der Waals surface area contributed by atoms with E-state index >= 15 is 0 Å². The first kappa shape index (κ1) is 20.2. The normalized spacial score (nSPS) is 10.9. The van der Waals surface area contributed by atoms with E-state index in [1.807, 2.05) is 18.2 Å². The van der Waals surface area contributed by atoms with Gasteiger partial charge >= 0.3 is 0 Å². The maximum atomic E-state index is 13.0. The predicted molar refractivity (Wildman–Crippen MR) is 119 cm³/mol. The molecule has 30 heavy (non-hydrogen) atoms. The number of rotatable bonds is 6. The van der Waals surface area contributed by atoms with E-state index < -0.39 is 0 Å². The molecule has 0 aliphatic heterocycles. The average molecular weight is 441 g/mol. The van der Waals surface area contributed by atoms with E-state index in [0.29, 0.717) is 34.5 Å². The molecule has 0 radical (unpaired) electrons. The summed E-state index contributed by atoms with van der Waals surface area (Å²) in [5, 5.41) is 3.28. The first-order valence-corrected chi connectivity index (χ1v) is 10.0. The van der Waals surface area contributed by atoms with Crippen LogP contribution in [0.25, 0.3) is 11.0 Å². The third kappa shape index (κ3) is 4.10. The number of halogens is 2. The van der Waals surface area contributed by atoms with Gasteiger partial charge in [-0.1, -0.05) is 53.5 Å². The molecule has 0 bridgehead atoms. The molecule has 0 spiro atoms. The zero-order chi connectivity index (χ0) is 21.1. The minimum Gasteiger partial charge on any atom is -0.494 e. The van der Waals surface area contributed by atoms with Crippen molar-refractivity contribution < 1.29 is 9.53 Å². The van der Waals surface area contributed by atoms with Gasteiger partial charge in [-0.2, -0.15) is 0 Å². The van der Waals surface area contributed by atoms with Crippen molar-refractivity contribution in [2.24, 2.45) is 0 Å². The highest BCUT2D eigenvalue weighted by Gasteiger charge is 2.19. The second kappa shape index (κ2) is 8.73. The van der Waals surface area contributed by atoms with Gasteiger partial charge in [-0.25, -0.2) is 4.98 Å². The van der Waals surface area contributed by atoms with Gasteiger partial charge in [0.15, 0.2) is 0 Å². The molecule has 0 aliphatic rings. The summed E-state index contributed by atoms with van der Waals surface area (Å²) in [6, 6.07) is 13.5. The number of benzene rings is 2. The summed E-state index contributed by atoms with van der Waals surface area (Å²) in [4.78, 5) is 24.8. The lowest BCUT2D eigenvalue weighted by molar-refractivity contribution is 0.102. The molecule has 0 saturated carbocycles. The number of hydrogen-bond acceptors (Lipinski definition) is 4. The summed E-state index contributed by atoms with van der Waals surface area (Å²) in [5.41, 5.74) is 3.13. The summed E-state index contributed by atoms with van der Waals surface area (Å²) in [5.74, 6) is 0.993. The number of carbonyl (C=O) groups is 1. The first-order valence-electron chi connectivity index (χ1n) is 9.26. The van der Waals surface area contributed by atoms with Crippen LogP contribution in [0.15, 0.2) is 54.9 Å². The van der Waals surface area contributed by atoms with E-state index in [1.165, 1.54) is 18.0 Å². The minimum atomic E-state index is -0.365.